The molecule has 1 aliphatic rings. The molecule has 10 heteroatoms. The van der Waals surface area contributed by atoms with Crippen molar-refractivity contribution >= 4 is 53.1 Å². The van der Waals surface area contributed by atoms with Gasteiger partial charge in [0.1, 0.15) is 12.2 Å². The van der Waals surface area contributed by atoms with Gasteiger partial charge < -0.3 is 19.9 Å². The van der Waals surface area contributed by atoms with Crippen LogP contribution in [-0.4, -0.2) is 53.1 Å². The molecule has 0 radical (unpaired) electrons. The topological polar surface area (TPSA) is 76.4 Å². The number of halogens is 3. The highest BCUT2D eigenvalue weighted by Crippen LogP contribution is 2.21. The molecule has 166 valence electrons. The van der Waals surface area contributed by atoms with E-state index >= 15 is 0 Å². The number of nitrogens with zero attached hydrogens (tertiary/aromatic N) is 4. The molecule has 0 bridgehead atoms. The van der Waals surface area contributed by atoms with Gasteiger partial charge in [0.25, 0.3) is 0 Å². The average molecular weight is 567 g/mol. The number of aliphatic imine (C=N–C) groups is 1. The average Bonchev–Trinajstić information content (AvgIpc) is 3.38. The number of ether oxygens (including phenoxy) is 1. The highest BCUT2D eigenvalue weighted by molar-refractivity contribution is 14.0. The monoisotopic (exact) mass is 566 g/mol. The minimum Gasteiger partial charge on any atom is -0.376 e. The number of rotatable bonds is 9. The van der Waals surface area contributed by atoms with Crippen LogP contribution in [0.1, 0.15) is 31.2 Å². The Morgan fingerprint density at radius 2 is 2.13 bits per heavy atom. The molecule has 1 saturated heterocycles. The van der Waals surface area contributed by atoms with E-state index in [4.69, 9.17) is 32.9 Å². The van der Waals surface area contributed by atoms with E-state index < -0.39 is 0 Å². The third kappa shape index (κ3) is 7.86. The summed E-state index contributed by atoms with van der Waals surface area (Å²) in [6, 6.07) is 5.59. The van der Waals surface area contributed by atoms with Gasteiger partial charge in [-0.15, -0.1) is 34.2 Å². The first kappa shape index (κ1) is 25.2. The predicted molar refractivity (Wildman–Crippen MR) is 132 cm³/mol. The molecule has 1 aromatic carbocycles. The second-order valence-electron chi connectivity index (χ2n) is 6.96. The van der Waals surface area contributed by atoms with Crippen LogP contribution in [0.3, 0.4) is 0 Å². The third-order valence-corrected chi connectivity index (χ3v) is 5.42. The zero-order chi connectivity index (χ0) is 20.5. The van der Waals surface area contributed by atoms with Crippen molar-refractivity contribution in [3.63, 3.8) is 0 Å². The summed E-state index contributed by atoms with van der Waals surface area (Å²) in [6.45, 7) is 5.78. The molecule has 0 saturated carbocycles. The van der Waals surface area contributed by atoms with Gasteiger partial charge in [-0.25, -0.2) is 0 Å². The van der Waals surface area contributed by atoms with Crippen molar-refractivity contribution in [2.45, 2.75) is 45.3 Å². The Morgan fingerprint density at radius 3 is 2.87 bits per heavy atom. The summed E-state index contributed by atoms with van der Waals surface area (Å²) in [7, 11) is 0. The molecular weight excluding hydrogens is 538 g/mol. The lowest BCUT2D eigenvalue weighted by molar-refractivity contribution is 0.117. The number of benzene rings is 1. The van der Waals surface area contributed by atoms with Gasteiger partial charge in [0.2, 0.25) is 0 Å². The van der Waals surface area contributed by atoms with Gasteiger partial charge in [0.15, 0.2) is 5.96 Å². The molecule has 3 rings (SSSR count). The minimum atomic E-state index is 0. The fraction of sp³-hybridized carbons (Fsp3) is 0.550. The van der Waals surface area contributed by atoms with E-state index in [1.165, 1.54) is 0 Å². The number of nitrogens with one attached hydrogen (secondary N) is 2. The molecule has 2 aromatic rings. The maximum Gasteiger partial charge on any atom is 0.191 e. The Hall–Kier alpha value is -1.10. The van der Waals surface area contributed by atoms with Crippen LogP contribution in [-0.2, 0) is 24.1 Å². The highest BCUT2D eigenvalue weighted by Gasteiger charge is 2.15. The number of aryl methyl sites for hydroxylation is 1. The lowest BCUT2D eigenvalue weighted by Gasteiger charge is -2.15. The van der Waals surface area contributed by atoms with E-state index in [0.717, 1.165) is 62.7 Å². The first-order chi connectivity index (χ1) is 14.2. The van der Waals surface area contributed by atoms with Gasteiger partial charge >= 0.3 is 0 Å². The van der Waals surface area contributed by atoms with Gasteiger partial charge in [-0.3, -0.25) is 4.99 Å². The van der Waals surface area contributed by atoms with E-state index in [1.54, 1.807) is 12.4 Å². The van der Waals surface area contributed by atoms with E-state index in [1.807, 2.05) is 12.1 Å². The Kier molecular flexibility index (Phi) is 11.2. The van der Waals surface area contributed by atoms with Crippen LogP contribution >= 0.6 is 47.2 Å². The summed E-state index contributed by atoms with van der Waals surface area (Å²) in [4.78, 5) is 4.71. The summed E-state index contributed by atoms with van der Waals surface area (Å²) in [6.07, 6.45) is 5.79. The molecule has 0 aliphatic carbocycles. The van der Waals surface area contributed by atoms with Crippen molar-refractivity contribution in [2.24, 2.45) is 4.99 Å². The summed E-state index contributed by atoms with van der Waals surface area (Å²) in [5.74, 6) is 1.76. The molecule has 7 nitrogen and oxygen atoms in total. The molecule has 1 fully saturated rings. The molecule has 0 spiro atoms. The standard InChI is InChI=1S/C20H28Cl2N6O.HI/c1-2-19-27-26-14-28(19)10-9-24-20(25-13-17-4-3-11-29-17)23-8-7-15-5-6-16(21)12-18(15)22;/h5-6,12,14,17H,2-4,7-11,13H2,1H3,(H2,23,24,25);1H. The van der Waals surface area contributed by atoms with Crippen molar-refractivity contribution < 1.29 is 4.74 Å². The van der Waals surface area contributed by atoms with E-state index in [-0.39, 0.29) is 30.1 Å². The normalized spacial score (nSPS) is 16.4. The third-order valence-electron chi connectivity index (χ3n) is 4.84. The smallest absolute Gasteiger partial charge is 0.191 e. The fourth-order valence-electron chi connectivity index (χ4n) is 3.23. The van der Waals surface area contributed by atoms with Gasteiger partial charge in [-0.2, -0.15) is 0 Å². The predicted octanol–water partition coefficient (Wildman–Crippen LogP) is 3.72. The van der Waals surface area contributed by atoms with E-state index in [2.05, 4.69) is 32.3 Å². The van der Waals surface area contributed by atoms with Crippen LogP contribution in [0.2, 0.25) is 10.0 Å². The summed E-state index contributed by atoms with van der Waals surface area (Å²) in [5.41, 5.74) is 1.05. The first-order valence-corrected chi connectivity index (χ1v) is 10.9. The van der Waals surface area contributed by atoms with Gasteiger partial charge in [-0.1, -0.05) is 36.2 Å². The molecular formula is C20H29Cl2IN6O. The van der Waals surface area contributed by atoms with Gasteiger partial charge in [0, 0.05) is 42.7 Å². The van der Waals surface area contributed by atoms with Crippen molar-refractivity contribution in [3.8, 4) is 0 Å². The van der Waals surface area contributed by atoms with Gasteiger partial charge in [0.05, 0.1) is 12.6 Å². The summed E-state index contributed by atoms with van der Waals surface area (Å²) >= 11 is 12.2. The minimum absolute atomic E-state index is 0. The Labute approximate surface area is 205 Å². The van der Waals surface area contributed by atoms with Crippen LogP contribution in [0, 0.1) is 0 Å². The lowest BCUT2D eigenvalue weighted by Crippen LogP contribution is -2.40. The van der Waals surface area contributed by atoms with Gasteiger partial charge in [-0.05, 0) is 37.0 Å². The Morgan fingerprint density at radius 1 is 1.30 bits per heavy atom. The van der Waals surface area contributed by atoms with Crippen molar-refractivity contribution in [1.82, 2.24) is 25.4 Å². The molecule has 0 amide bonds. The van der Waals surface area contributed by atoms with Crippen LogP contribution < -0.4 is 10.6 Å². The van der Waals surface area contributed by atoms with E-state index in [0.29, 0.717) is 23.1 Å². The summed E-state index contributed by atoms with van der Waals surface area (Å²) in [5, 5.41) is 16.2. The van der Waals surface area contributed by atoms with Crippen LogP contribution in [0.25, 0.3) is 0 Å². The Bertz CT molecular complexity index is 810. The maximum atomic E-state index is 6.27. The molecule has 1 unspecified atom stereocenters. The van der Waals surface area contributed by atoms with E-state index in [9.17, 15) is 0 Å². The second-order valence-corrected chi connectivity index (χ2v) is 7.80. The molecule has 2 heterocycles. The largest absolute Gasteiger partial charge is 0.376 e. The number of hydrogen-bond acceptors (Lipinski definition) is 4. The molecule has 1 aliphatic heterocycles. The van der Waals surface area contributed by atoms with Crippen molar-refractivity contribution in [1.29, 1.82) is 0 Å². The molecule has 2 N–H and O–H groups in total. The second kappa shape index (κ2) is 13.3. The lowest BCUT2D eigenvalue weighted by atomic mass is 10.1. The number of guanidine groups is 1. The van der Waals surface area contributed by atoms with Crippen LogP contribution in [0.15, 0.2) is 29.5 Å². The Balaban J connectivity index is 0.00000320. The molecule has 1 atom stereocenters. The zero-order valence-electron chi connectivity index (χ0n) is 17.1. The number of hydrogen-bond donors (Lipinski definition) is 2. The maximum absolute atomic E-state index is 6.27. The molecule has 1 aromatic heterocycles. The SMILES string of the molecule is CCc1nncn1CCNC(=NCC1CCCO1)NCCc1ccc(Cl)cc1Cl.I. The zero-order valence-corrected chi connectivity index (χ0v) is 21.0. The van der Waals surface area contributed by atoms with Crippen molar-refractivity contribution in [3.05, 3.63) is 46.0 Å². The fourth-order valence-corrected chi connectivity index (χ4v) is 3.73. The quantitative estimate of drug-likeness (QED) is 0.275. The van der Waals surface area contributed by atoms with Crippen molar-refractivity contribution in [2.75, 3.05) is 26.2 Å². The summed E-state index contributed by atoms with van der Waals surface area (Å²) < 4.78 is 7.74. The van der Waals surface area contributed by atoms with Crippen LogP contribution in [0.4, 0.5) is 0 Å². The van der Waals surface area contributed by atoms with Crippen LogP contribution in [0.5, 0.6) is 0 Å². The number of aromatic nitrogens is 3. The first-order valence-electron chi connectivity index (χ1n) is 10.1. The molecule has 30 heavy (non-hydrogen) atoms. The highest BCUT2D eigenvalue weighted by atomic mass is 127.